The number of nitrogens with zero attached hydrogens (tertiary/aromatic N) is 2. The summed E-state index contributed by atoms with van der Waals surface area (Å²) in [6.45, 7) is 11.8. The van der Waals surface area contributed by atoms with Crippen molar-refractivity contribution in [1.82, 2.24) is 20.7 Å². The van der Waals surface area contributed by atoms with Crippen molar-refractivity contribution in [3.63, 3.8) is 0 Å². The number of aliphatic hydroxyl groups is 1. The summed E-state index contributed by atoms with van der Waals surface area (Å²) in [6, 6.07) is 22.5. The molecule has 1 aromatic heterocycles. The summed E-state index contributed by atoms with van der Waals surface area (Å²) in [4.78, 5) is 55.3. The summed E-state index contributed by atoms with van der Waals surface area (Å²) < 4.78 is 41.3. The molecule has 0 unspecified atom stereocenters. The van der Waals surface area contributed by atoms with E-state index in [0.29, 0.717) is 12.9 Å². The fourth-order valence-corrected chi connectivity index (χ4v) is 6.04. The smallest absolute Gasteiger partial charge is 0.394 e. The average molecular weight is 937 g/mol. The highest BCUT2D eigenvalue weighted by Crippen LogP contribution is 2.30. The molecule has 4 atom stereocenters. The van der Waals surface area contributed by atoms with E-state index in [1.807, 2.05) is 114 Å². The van der Waals surface area contributed by atoms with Crippen molar-refractivity contribution in [1.29, 1.82) is 0 Å². The van der Waals surface area contributed by atoms with Crippen LogP contribution in [0.25, 0.3) is 11.3 Å². The molecule has 0 aliphatic carbocycles. The van der Waals surface area contributed by atoms with Gasteiger partial charge in [0.15, 0.2) is 5.78 Å². The van der Waals surface area contributed by atoms with Crippen LogP contribution in [0.15, 0.2) is 79.0 Å². The van der Waals surface area contributed by atoms with E-state index in [0.717, 1.165) is 22.4 Å². The van der Waals surface area contributed by atoms with Gasteiger partial charge in [0.2, 0.25) is 5.91 Å². The van der Waals surface area contributed by atoms with Crippen LogP contribution < -0.4 is 10.7 Å². The lowest BCUT2D eigenvalue weighted by Crippen LogP contribution is -2.52. The first kappa shape index (κ1) is 61.1. The molecule has 1 heterocycles. The molecular formula is C40H64N4O11S5. The molecule has 0 aliphatic heterocycles. The maximum Gasteiger partial charge on any atom is 0.394 e. The largest absolute Gasteiger partial charge is 0.469 e. The number of ether oxygens (including phenoxy) is 2. The van der Waals surface area contributed by atoms with Crippen molar-refractivity contribution in [3.8, 4) is 11.3 Å². The molecular weight excluding hydrogens is 873 g/mol. The first-order chi connectivity index (χ1) is 26.1. The Morgan fingerprint density at radius 3 is 1.88 bits per heavy atom. The number of hydrogen-bond acceptors (Lipinski definition) is 12. The van der Waals surface area contributed by atoms with E-state index >= 15 is 0 Å². The Morgan fingerprint density at radius 1 is 0.833 bits per heavy atom. The van der Waals surface area contributed by atoms with Crippen molar-refractivity contribution in [2.24, 2.45) is 22.7 Å². The Bertz CT molecular complexity index is 1790. The van der Waals surface area contributed by atoms with E-state index in [1.54, 1.807) is 11.2 Å². The molecule has 0 saturated carbocycles. The Hall–Kier alpha value is -3.18. The number of benzene rings is 2. The van der Waals surface area contributed by atoms with E-state index in [-0.39, 0.29) is 98.3 Å². The number of aromatic nitrogens is 1. The van der Waals surface area contributed by atoms with Crippen LogP contribution in [0.2, 0.25) is 0 Å². The topological polar surface area (TPSA) is 222 Å². The Balaban J connectivity index is -0.00000340. The number of methoxy groups -OCH3 is 1. The van der Waals surface area contributed by atoms with Crippen molar-refractivity contribution in [2.75, 3.05) is 20.4 Å². The minimum absolute atomic E-state index is 0. The van der Waals surface area contributed by atoms with E-state index < -0.39 is 51.2 Å². The number of amides is 1. The van der Waals surface area contributed by atoms with Crippen molar-refractivity contribution >= 4 is 88.5 Å². The molecule has 3 rings (SSSR count). The summed E-state index contributed by atoms with van der Waals surface area (Å²) in [7, 11) is -3.37. The van der Waals surface area contributed by atoms with Gasteiger partial charge in [-0.05, 0) is 46.4 Å². The zero-order valence-corrected chi connectivity index (χ0v) is 39.9. The number of rotatable bonds is 19. The standard InChI is InChI=1S/C40H54N4O7.H2O4S.4H2S/c1-39(2,3)32(23-36(48)50-7)38(49)43-44(24-29-16-18-30(19-17-29)33-15-11-12-20-41-33)25-35(47)31(21-28-13-9-8-10-14-28)22-34(46)37(40(4,5)6)42-26-51-27-45;1-5(2,3)4;;;;/h8-20,27,31-32,35,37,42,47H,21-26H2,1-7H3,(H,43,49);(H2,1,2,3,4);4*1H2/t31-,32-,35+,37-;;;;;/m1...../s1. The van der Waals surface area contributed by atoms with Gasteiger partial charge in [-0.15, -0.1) is 0 Å². The summed E-state index contributed by atoms with van der Waals surface area (Å²) in [6.07, 6.45) is 1.00. The minimum Gasteiger partial charge on any atom is -0.469 e. The molecule has 3 aromatic rings. The molecule has 1 amide bonds. The van der Waals surface area contributed by atoms with Gasteiger partial charge < -0.3 is 14.6 Å². The van der Waals surface area contributed by atoms with Gasteiger partial charge in [0, 0.05) is 31.3 Å². The monoisotopic (exact) mass is 936 g/mol. The highest BCUT2D eigenvalue weighted by atomic mass is 32.3. The van der Waals surface area contributed by atoms with E-state index in [2.05, 4.69) is 15.7 Å². The molecule has 0 spiro atoms. The van der Waals surface area contributed by atoms with Gasteiger partial charge >= 0.3 is 16.4 Å². The molecule has 15 nitrogen and oxygen atoms in total. The maximum atomic E-state index is 13.9. The van der Waals surface area contributed by atoms with Gasteiger partial charge in [0.1, 0.15) is 6.73 Å². The molecule has 0 bridgehead atoms. The predicted molar refractivity (Wildman–Crippen MR) is 251 cm³/mol. The molecule has 0 aliphatic rings. The number of esters is 1. The van der Waals surface area contributed by atoms with Crippen LogP contribution in [-0.2, 0) is 52.0 Å². The normalized spacial score (nSPS) is 13.1. The molecule has 60 heavy (non-hydrogen) atoms. The molecule has 2 aromatic carbocycles. The molecule has 20 heteroatoms. The Kier molecular flexibility index (Phi) is 29.7. The highest BCUT2D eigenvalue weighted by Gasteiger charge is 2.37. The van der Waals surface area contributed by atoms with Crippen LogP contribution in [0.5, 0.6) is 0 Å². The lowest BCUT2D eigenvalue weighted by Gasteiger charge is -2.35. The lowest BCUT2D eigenvalue weighted by molar-refractivity contribution is -0.148. The molecule has 0 fully saturated rings. The van der Waals surface area contributed by atoms with Gasteiger partial charge in [-0.25, -0.2) is 5.01 Å². The van der Waals surface area contributed by atoms with Crippen LogP contribution in [0.4, 0.5) is 0 Å². The van der Waals surface area contributed by atoms with Crippen molar-refractivity contribution in [3.05, 3.63) is 90.1 Å². The summed E-state index contributed by atoms with van der Waals surface area (Å²) in [5, 5.41) is 16.6. The number of hydrogen-bond donors (Lipinski definition) is 5. The van der Waals surface area contributed by atoms with Gasteiger partial charge in [0.25, 0.3) is 6.47 Å². The maximum absolute atomic E-state index is 13.9. The average Bonchev–Trinajstić information content (AvgIpc) is 3.11. The zero-order valence-electron chi connectivity index (χ0n) is 35.0. The third kappa shape index (κ3) is 23.7. The summed E-state index contributed by atoms with van der Waals surface area (Å²) >= 11 is 0. The fraction of sp³-hybridized carbons (Fsp3) is 0.475. The van der Waals surface area contributed by atoms with E-state index in [9.17, 15) is 24.3 Å². The Morgan fingerprint density at radius 2 is 1.40 bits per heavy atom. The molecule has 340 valence electrons. The lowest BCUT2D eigenvalue weighted by atomic mass is 9.78. The van der Waals surface area contributed by atoms with E-state index in [1.165, 1.54) is 7.11 Å². The number of aliphatic hydroxyl groups excluding tert-OH is 1. The third-order valence-electron chi connectivity index (χ3n) is 8.90. The Labute approximate surface area is 382 Å². The van der Waals surface area contributed by atoms with Crippen LogP contribution >= 0.6 is 54.0 Å². The zero-order chi connectivity index (χ0) is 42.1. The number of ketones is 1. The third-order valence-corrected chi connectivity index (χ3v) is 8.90. The first-order valence-corrected chi connectivity index (χ1v) is 19.4. The number of Topliss-reactive ketones (excluding diaryl/α,β-unsaturated/α-hetero) is 1. The number of hydrazine groups is 1. The van der Waals surface area contributed by atoms with Crippen molar-refractivity contribution < 1.29 is 51.3 Å². The summed E-state index contributed by atoms with van der Waals surface area (Å²) in [5.41, 5.74) is 5.50. The number of carbonyl (C=O) groups excluding carboxylic acids is 4. The van der Waals surface area contributed by atoms with Crippen LogP contribution in [0.3, 0.4) is 0 Å². The highest BCUT2D eigenvalue weighted by molar-refractivity contribution is 7.79. The van der Waals surface area contributed by atoms with Crippen LogP contribution in [0, 0.1) is 22.7 Å². The second kappa shape index (κ2) is 29.2. The van der Waals surface area contributed by atoms with Crippen LogP contribution in [0.1, 0.15) is 65.5 Å². The minimum atomic E-state index is -4.67. The van der Waals surface area contributed by atoms with Gasteiger partial charge in [0.05, 0.1) is 37.3 Å². The first-order valence-electron chi connectivity index (χ1n) is 18.0. The van der Waals surface area contributed by atoms with Crippen LogP contribution in [-0.4, -0.2) is 89.3 Å². The molecule has 0 radical (unpaired) electrons. The van der Waals surface area contributed by atoms with Gasteiger partial charge in [-0.3, -0.25) is 44.0 Å². The predicted octanol–water partition coefficient (Wildman–Crippen LogP) is 4.92. The molecule has 0 saturated heterocycles. The number of carbonyl (C=O) groups is 4. The quantitative estimate of drug-likeness (QED) is 0.0269. The second-order valence-electron chi connectivity index (χ2n) is 15.5. The number of pyridine rings is 1. The van der Waals surface area contributed by atoms with E-state index in [4.69, 9.17) is 27.0 Å². The van der Waals surface area contributed by atoms with Gasteiger partial charge in [-0.2, -0.15) is 62.4 Å². The summed E-state index contributed by atoms with van der Waals surface area (Å²) in [5.74, 6) is -2.26. The van der Waals surface area contributed by atoms with Crippen molar-refractivity contribution in [2.45, 2.75) is 79.5 Å². The fourth-order valence-electron chi connectivity index (χ4n) is 6.04. The number of nitrogens with one attached hydrogen (secondary N) is 2. The SMILES string of the molecule is COC(=O)C[C@H](C(=O)NN(Cc1ccc(-c2ccccn2)cc1)C[C@H](O)[C@@H](CC(=O)[C@@H](NCOC=O)C(C)(C)C)Cc1ccccc1)C(C)(C)C.O=S(=O)(O)O.S.S.S.S. The van der Waals surface area contributed by atoms with Gasteiger partial charge in [-0.1, -0.05) is 102 Å². The second-order valence-corrected chi connectivity index (χ2v) is 16.4. The molecule has 5 N–H and O–H groups in total.